The lowest BCUT2D eigenvalue weighted by Gasteiger charge is -2.05. The fraction of sp³-hybridized carbons (Fsp3) is 0.222. The van der Waals surface area contributed by atoms with E-state index in [1.54, 1.807) is 24.3 Å². The van der Waals surface area contributed by atoms with Crippen molar-refractivity contribution in [2.45, 2.75) is 13.5 Å². The van der Waals surface area contributed by atoms with E-state index in [1.165, 1.54) is 11.3 Å². The maximum atomic E-state index is 12.5. The third-order valence-corrected chi connectivity index (χ3v) is 5.09. The Bertz CT molecular complexity index is 979. The lowest BCUT2D eigenvalue weighted by atomic mass is 10.2. The molecule has 1 heterocycles. The Hall–Kier alpha value is -1.66. The minimum absolute atomic E-state index is 0.328. The van der Waals surface area contributed by atoms with Crippen molar-refractivity contribution in [2.24, 2.45) is 4.99 Å². The van der Waals surface area contributed by atoms with E-state index in [2.05, 4.69) is 4.99 Å². The van der Waals surface area contributed by atoms with Gasteiger partial charge in [0.25, 0.3) is 5.91 Å². The summed E-state index contributed by atoms with van der Waals surface area (Å²) in [5.41, 5.74) is 1.44. The Morgan fingerprint density at radius 2 is 2.00 bits per heavy atom. The molecular formula is C18H16Cl2N2O2S. The van der Waals surface area contributed by atoms with Gasteiger partial charge in [-0.3, -0.25) is 4.79 Å². The summed E-state index contributed by atoms with van der Waals surface area (Å²) in [4.78, 5) is 17.4. The van der Waals surface area contributed by atoms with E-state index in [-0.39, 0.29) is 5.91 Å². The van der Waals surface area contributed by atoms with Gasteiger partial charge < -0.3 is 9.30 Å². The minimum Gasteiger partial charge on any atom is -0.380 e. The highest BCUT2D eigenvalue weighted by Gasteiger charge is 2.10. The summed E-state index contributed by atoms with van der Waals surface area (Å²) >= 11 is 13.5. The summed E-state index contributed by atoms with van der Waals surface area (Å²) in [6.07, 6.45) is 0. The van der Waals surface area contributed by atoms with Gasteiger partial charge in [-0.2, -0.15) is 4.99 Å². The van der Waals surface area contributed by atoms with E-state index in [0.29, 0.717) is 40.2 Å². The molecule has 0 radical (unpaired) electrons. The van der Waals surface area contributed by atoms with Crippen molar-refractivity contribution in [1.82, 2.24) is 4.57 Å². The Labute approximate surface area is 159 Å². The number of amides is 1. The Morgan fingerprint density at radius 1 is 1.20 bits per heavy atom. The largest absolute Gasteiger partial charge is 0.380 e. The molecule has 25 heavy (non-hydrogen) atoms. The number of carbonyl (C=O) groups excluding carboxylic acids is 1. The first-order valence-electron chi connectivity index (χ1n) is 7.79. The Morgan fingerprint density at radius 3 is 2.76 bits per heavy atom. The highest BCUT2D eigenvalue weighted by molar-refractivity contribution is 7.16. The van der Waals surface area contributed by atoms with Gasteiger partial charge in [0.1, 0.15) is 0 Å². The molecule has 1 aromatic heterocycles. The fourth-order valence-electron chi connectivity index (χ4n) is 2.42. The highest BCUT2D eigenvalue weighted by Crippen LogP contribution is 2.22. The zero-order valence-electron chi connectivity index (χ0n) is 13.5. The molecule has 4 nitrogen and oxygen atoms in total. The average Bonchev–Trinajstić information content (AvgIpc) is 2.91. The lowest BCUT2D eigenvalue weighted by molar-refractivity contribution is 0.0996. The van der Waals surface area contributed by atoms with Crippen LogP contribution in [0, 0.1) is 0 Å². The maximum Gasteiger partial charge on any atom is 0.279 e. The maximum absolute atomic E-state index is 12.5. The van der Waals surface area contributed by atoms with Gasteiger partial charge in [0.2, 0.25) is 0 Å². The van der Waals surface area contributed by atoms with Crippen LogP contribution in [0.15, 0.2) is 47.5 Å². The molecule has 0 aliphatic rings. The van der Waals surface area contributed by atoms with Crippen molar-refractivity contribution in [3.05, 3.63) is 62.9 Å². The molecule has 130 valence electrons. The minimum atomic E-state index is -0.328. The zero-order valence-corrected chi connectivity index (χ0v) is 15.9. The average molecular weight is 395 g/mol. The number of aromatic nitrogens is 1. The second-order valence-corrected chi connectivity index (χ2v) is 7.15. The number of nitrogens with zero attached hydrogens (tertiary/aromatic N) is 2. The van der Waals surface area contributed by atoms with Crippen LogP contribution in [0.5, 0.6) is 0 Å². The topological polar surface area (TPSA) is 43.6 Å². The summed E-state index contributed by atoms with van der Waals surface area (Å²) in [6, 6.07) is 12.4. The molecule has 0 N–H and O–H groups in total. The molecule has 7 heteroatoms. The van der Waals surface area contributed by atoms with Crippen LogP contribution >= 0.6 is 34.5 Å². The molecule has 0 saturated heterocycles. The predicted octanol–water partition coefficient (Wildman–Crippen LogP) is 4.79. The van der Waals surface area contributed by atoms with Crippen molar-refractivity contribution in [3.8, 4) is 0 Å². The van der Waals surface area contributed by atoms with Crippen LogP contribution in [0.2, 0.25) is 10.0 Å². The number of thiazole rings is 1. The SMILES string of the molecule is CCOCCn1c(=NC(=O)c2cccc(Cl)c2)sc2cc(Cl)ccc21. The Balaban J connectivity index is 2.06. The first kappa shape index (κ1) is 18.1. The summed E-state index contributed by atoms with van der Waals surface area (Å²) in [6.45, 7) is 3.74. The number of benzene rings is 2. The summed E-state index contributed by atoms with van der Waals surface area (Å²) in [5, 5.41) is 1.16. The second kappa shape index (κ2) is 8.15. The molecule has 1 amide bonds. The molecule has 0 aliphatic heterocycles. The van der Waals surface area contributed by atoms with Crippen LogP contribution in [-0.2, 0) is 11.3 Å². The van der Waals surface area contributed by atoms with E-state index in [0.717, 1.165) is 10.2 Å². The van der Waals surface area contributed by atoms with E-state index in [1.807, 2.05) is 29.7 Å². The zero-order chi connectivity index (χ0) is 17.8. The molecule has 2 aromatic carbocycles. The number of fused-ring (bicyclic) bond motifs is 1. The number of rotatable bonds is 5. The molecule has 0 saturated carbocycles. The third kappa shape index (κ3) is 4.30. The van der Waals surface area contributed by atoms with E-state index >= 15 is 0 Å². The number of hydrogen-bond donors (Lipinski definition) is 0. The molecule has 0 fully saturated rings. The first-order valence-corrected chi connectivity index (χ1v) is 9.37. The van der Waals surface area contributed by atoms with Crippen LogP contribution in [0.1, 0.15) is 17.3 Å². The third-order valence-electron chi connectivity index (χ3n) is 3.58. The van der Waals surface area contributed by atoms with E-state index in [4.69, 9.17) is 27.9 Å². The van der Waals surface area contributed by atoms with Crippen LogP contribution in [-0.4, -0.2) is 23.7 Å². The lowest BCUT2D eigenvalue weighted by Crippen LogP contribution is -2.19. The van der Waals surface area contributed by atoms with Gasteiger partial charge in [-0.05, 0) is 43.3 Å². The molecular weight excluding hydrogens is 379 g/mol. The molecule has 0 bridgehead atoms. The van der Waals surface area contributed by atoms with Gasteiger partial charge in [0, 0.05) is 28.8 Å². The van der Waals surface area contributed by atoms with Crippen molar-refractivity contribution in [1.29, 1.82) is 0 Å². The monoisotopic (exact) mass is 394 g/mol. The number of carbonyl (C=O) groups is 1. The normalized spacial score (nSPS) is 12.0. The smallest absolute Gasteiger partial charge is 0.279 e. The molecule has 3 aromatic rings. The van der Waals surface area contributed by atoms with Gasteiger partial charge >= 0.3 is 0 Å². The number of hydrogen-bond acceptors (Lipinski definition) is 3. The van der Waals surface area contributed by atoms with Gasteiger partial charge in [-0.25, -0.2) is 0 Å². The van der Waals surface area contributed by atoms with Gasteiger partial charge in [-0.1, -0.05) is 40.6 Å². The van der Waals surface area contributed by atoms with E-state index < -0.39 is 0 Å². The summed E-state index contributed by atoms with van der Waals surface area (Å²) < 4.78 is 8.41. The number of halogens is 2. The number of ether oxygens (including phenoxy) is 1. The molecule has 0 spiro atoms. The summed E-state index contributed by atoms with van der Waals surface area (Å²) in [5.74, 6) is -0.328. The molecule has 0 atom stereocenters. The van der Waals surface area contributed by atoms with Crippen LogP contribution in [0.25, 0.3) is 10.2 Å². The molecule has 3 rings (SSSR count). The van der Waals surface area contributed by atoms with Crippen molar-refractivity contribution in [3.63, 3.8) is 0 Å². The molecule has 0 aliphatic carbocycles. The standard InChI is InChI=1S/C18H16Cl2N2O2S/c1-2-24-9-8-22-15-7-6-14(20)11-16(15)25-18(22)21-17(23)12-4-3-5-13(19)10-12/h3-7,10-11H,2,8-9H2,1H3. The highest BCUT2D eigenvalue weighted by atomic mass is 35.5. The van der Waals surface area contributed by atoms with Crippen molar-refractivity contribution < 1.29 is 9.53 Å². The van der Waals surface area contributed by atoms with Gasteiger partial charge in [0.15, 0.2) is 4.80 Å². The van der Waals surface area contributed by atoms with Gasteiger partial charge in [0.05, 0.1) is 16.8 Å². The van der Waals surface area contributed by atoms with Crippen LogP contribution in [0.4, 0.5) is 0 Å². The second-order valence-electron chi connectivity index (χ2n) is 5.27. The van der Waals surface area contributed by atoms with Gasteiger partial charge in [-0.15, -0.1) is 0 Å². The Kier molecular flexibility index (Phi) is 5.91. The van der Waals surface area contributed by atoms with Crippen molar-refractivity contribution >= 4 is 50.7 Å². The molecule has 0 unspecified atom stereocenters. The van der Waals surface area contributed by atoms with E-state index in [9.17, 15) is 4.79 Å². The fourth-order valence-corrected chi connectivity index (χ4v) is 3.94. The van der Waals surface area contributed by atoms with Crippen LogP contribution < -0.4 is 4.80 Å². The summed E-state index contributed by atoms with van der Waals surface area (Å²) in [7, 11) is 0. The predicted molar refractivity (Wildman–Crippen MR) is 103 cm³/mol. The quantitative estimate of drug-likeness (QED) is 0.583. The first-order chi connectivity index (χ1) is 12.1. The van der Waals surface area contributed by atoms with Crippen molar-refractivity contribution in [2.75, 3.05) is 13.2 Å². The van der Waals surface area contributed by atoms with Crippen LogP contribution in [0.3, 0.4) is 0 Å².